The average molecular weight is 432 g/mol. The Bertz CT molecular complexity index is 714. The van der Waals surface area contributed by atoms with Gasteiger partial charge in [0.05, 0.1) is 6.10 Å². The van der Waals surface area contributed by atoms with Gasteiger partial charge >= 0.3 is 0 Å². The van der Waals surface area contributed by atoms with E-state index in [-0.39, 0.29) is 19.3 Å². The fourth-order valence-electron chi connectivity index (χ4n) is 5.26. The molecule has 2 unspecified atom stereocenters. The first-order valence-electron chi connectivity index (χ1n) is 12.2. The fourth-order valence-corrected chi connectivity index (χ4v) is 5.26. The van der Waals surface area contributed by atoms with Crippen LogP contribution in [0, 0.1) is 11.8 Å². The summed E-state index contributed by atoms with van der Waals surface area (Å²) in [7, 11) is 0. The molecule has 2 fully saturated rings. The molecule has 1 amide bonds. The van der Waals surface area contributed by atoms with Crippen LogP contribution in [0.2, 0.25) is 0 Å². The van der Waals surface area contributed by atoms with Gasteiger partial charge in [-0.25, -0.2) is 0 Å². The molecule has 1 aliphatic carbocycles. The first kappa shape index (κ1) is 22.3. The maximum Gasteiger partial charge on any atom is 0.260 e. The minimum Gasteiger partial charge on any atom is -0.484 e. The molecule has 1 aromatic rings. The summed E-state index contributed by atoms with van der Waals surface area (Å²) < 4.78 is 22.7. The Morgan fingerprint density at radius 3 is 2.55 bits per heavy atom. The highest BCUT2D eigenvalue weighted by Crippen LogP contribution is 2.36. The Morgan fingerprint density at radius 2 is 1.77 bits per heavy atom. The summed E-state index contributed by atoms with van der Waals surface area (Å²) in [5, 5.41) is 0. The first-order chi connectivity index (χ1) is 15.2. The van der Waals surface area contributed by atoms with Crippen LogP contribution in [0.1, 0.15) is 64.7 Å². The number of nitrogens with zero attached hydrogens (tertiary/aromatic N) is 1. The lowest BCUT2D eigenvalue weighted by Crippen LogP contribution is -2.41. The summed E-state index contributed by atoms with van der Waals surface area (Å²) in [6.45, 7) is 4.59. The van der Waals surface area contributed by atoms with Gasteiger partial charge in [0.25, 0.3) is 5.91 Å². The fraction of sp³-hybridized carbons (Fsp3) is 0.720. The minimum atomic E-state index is 0.0280. The van der Waals surface area contributed by atoms with Crippen molar-refractivity contribution in [1.29, 1.82) is 0 Å². The summed E-state index contributed by atoms with van der Waals surface area (Å²) in [5.74, 6) is 3.11. The molecule has 0 bridgehead atoms. The molecular formula is C25H37NO5. The second-order valence-electron chi connectivity index (χ2n) is 9.08. The van der Waals surface area contributed by atoms with Gasteiger partial charge in [0, 0.05) is 31.7 Å². The molecule has 0 radical (unpaired) electrons. The van der Waals surface area contributed by atoms with E-state index in [4.69, 9.17) is 18.9 Å². The van der Waals surface area contributed by atoms with Crippen molar-refractivity contribution >= 4 is 5.91 Å². The third-order valence-corrected chi connectivity index (χ3v) is 7.02. The number of amides is 1. The molecule has 6 heteroatoms. The normalized spacial score (nSPS) is 24.3. The van der Waals surface area contributed by atoms with E-state index in [0.717, 1.165) is 19.6 Å². The SMILES string of the molecule is CCN(CC1CCOC1C1CCCCCCCC1)C(=O)COc1ccc2c(c1)OCO2. The number of hydrogen-bond acceptors (Lipinski definition) is 5. The summed E-state index contributed by atoms with van der Waals surface area (Å²) in [4.78, 5) is 14.8. The number of hydrogen-bond donors (Lipinski definition) is 0. The molecule has 2 heterocycles. The molecule has 0 N–H and O–H groups in total. The molecule has 0 spiro atoms. The lowest BCUT2D eigenvalue weighted by molar-refractivity contribution is -0.134. The van der Waals surface area contributed by atoms with Gasteiger partial charge in [-0.05, 0) is 44.2 Å². The average Bonchev–Trinajstić information content (AvgIpc) is 3.46. The number of likely N-dealkylation sites (N-methyl/N-ethyl adjacent to an activating group) is 1. The van der Waals surface area contributed by atoms with Gasteiger partial charge in [-0.2, -0.15) is 0 Å². The molecule has 31 heavy (non-hydrogen) atoms. The Kier molecular flexibility index (Phi) is 7.95. The second kappa shape index (κ2) is 11.1. The van der Waals surface area contributed by atoms with E-state index in [1.807, 2.05) is 24.0 Å². The molecule has 172 valence electrons. The van der Waals surface area contributed by atoms with E-state index < -0.39 is 0 Å². The maximum atomic E-state index is 12.9. The molecule has 2 aliphatic heterocycles. The molecule has 3 aliphatic rings. The Hall–Kier alpha value is -1.95. The Morgan fingerprint density at radius 1 is 1.03 bits per heavy atom. The van der Waals surface area contributed by atoms with Crippen molar-refractivity contribution in [2.24, 2.45) is 11.8 Å². The maximum absolute atomic E-state index is 12.9. The molecule has 0 aromatic heterocycles. The quantitative estimate of drug-likeness (QED) is 0.621. The molecule has 1 saturated carbocycles. The van der Waals surface area contributed by atoms with Gasteiger partial charge in [-0.15, -0.1) is 0 Å². The number of rotatable bonds is 7. The van der Waals surface area contributed by atoms with E-state index in [0.29, 0.717) is 41.7 Å². The van der Waals surface area contributed by atoms with Crippen LogP contribution < -0.4 is 14.2 Å². The van der Waals surface area contributed by atoms with Crippen molar-refractivity contribution in [3.63, 3.8) is 0 Å². The standard InChI is InChI=1S/C25H37NO5/c1-2-26(24(27)17-29-21-11-12-22-23(15-21)31-18-30-22)16-20-13-14-28-25(20)19-9-7-5-3-4-6-8-10-19/h11-12,15,19-20,25H,2-10,13-14,16-18H2,1H3. The predicted octanol–water partition coefficient (Wildman–Crippen LogP) is 4.80. The van der Waals surface area contributed by atoms with Crippen LogP contribution in [0.4, 0.5) is 0 Å². The lowest BCUT2D eigenvalue weighted by Gasteiger charge is -2.31. The monoisotopic (exact) mass is 431 g/mol. The number of ether oxygens (including phenoxy) is 4. The van der Waals surface area contributed by atoms with E-state index in [9.17, 15) is 4.79 Å². The summed E-state index contributed by atoms with van der Waals surface area (Å²) in [6.07, 6.45) is 12.0. The molecule has 1 saturated heterocycles. The van der Waals surface area contributed by atoms with Crippen molar-refractivity contribution in [3.8, 4) is 17.2 Å². The van der Waals surface area contributed by atoms with Crippen LogP contribution in [0.15, 0.2) is 18.2 Å². The minimum absolute atomic E-state index is 0.0280. The van der Waals surface area contributed by atoms with E-state index >= 15 is 0 Å². The zero-order valence-corrected chi connectivity index (χ0v) is 18.9. The summed E-state index contributed by atoms with van der Waals surface area (Å²) in [5.41, 5.74) is 0. The highest BCUT2D eigenvalue weighted by atomic mass is 16.7. The lowest BCUT2D eigenvalue weighted by atomic mass is 9.84. The van der Waals surface area contributed by atoms with Gasteiger partial charge in [0.1, 0.15) is 5.75 Å². The van der Waals surface area contributed by atoms with Gasteiger partial charge in [0.15, 0.2) is 18.1 Å². The molecule has 1 aromatic carbocycles. The summed E-state index contributed by atoms with van der Waals surface area (Å²) in [6, 6.07) is 5.41. The van der Waals surface area contributed by atoms with Gasteiger partial charge < -0.3 is 23.8 Å². The van der Waals surface area contributed by atoms with Gasteiger partial charge in [-0.3, -0.25) is 4.79 Å². The van der Waals surface area contributed by atoms with Crippen LogP contribution in [0.25, 0.3) is 0 Å². The first-order valence-corrected chi connectivity index (χ1v) is 12.2. The van der Waals surface area contributed by atoms with Crippen LogP contribution in [0.3, 0.4) is 0 Å². The zero-order chi connectivity index (χ0) is 21.5. The largest absolute Gasteiger partial charge is 0.484 e. The highest BCUT2D eigenvalue weighted by Gasteiger charge is 2.36. The molecule has 6 nitrogen and oxygen atoms in total. The number of benzene rings is 1. The van der Waals surface area contributed by atoms with Crippen molar-refractivity contribution in [3.05, 3.63) is 18.2 Å². The Labute approximate surface area is 186 Å². The van der Waals surface area contributed by atoms with Crippen LogP contribution in [-0.4, -0.2) is 50.0 Å². The topological polar surface area (TPSA) is 57.2 Å². The molecule has 4 rings (SSSR count). The van der Waals surface area contributed by atoms with E-state index in [2.05, 4.69) is 0 Å². The van der Waals surface area contributed by atoms with Crippen molar-refractivity contribution in [2.75, 3.05) is 33.1 Å². The third kappa shape index (κ3) is 5.85. The highest BCUT2D eigenvalue weighted by molar-refractivity contribution is 5.77. The van der Waals surface area contributed by atoms with Gasteiger partial charge in [-0.1, -0.05) is 38.5 Å². The van der Waals surface area contributed by atoms with E-state index in [1.54, 1.807) is 6.07 Å². The van der Waals surface area contributed by atoms with Crippen molar-refractivity contribution < 1.29 is 23.7 Å². The van der Waals surface area contributed by atoms with Crippen LogP contribution in [-0.2, 0) is 9.53 Å². The summed E-state index contributed by atoms with van der Waals surface area (Å²) >= 11 is 0. The third-order valence-electron chi connectivity index (χ3n) is 7.02. The molecular weight excluding hydrogens is 394 g/mol. The molecule has 2 atom stereocenters. The van der Waals surface area contributed by atoms with Crippen molar-refractivity contribution in [1.82, 2.24) is 4.90 Å². The van der Waals surface area contributed by atoms with Crippen LogP contribution >= 0.6 is 0 Å². The zero-order valence-electron chi connectivity index (χ0n) is 18.9. The van der Waals surface area contributed by atoms with Gasteiger partial charge in [0.2, 0.25) is 6.79 Å². The number of carbonyl (C=O) groups excluding carboxylic acids is 1. The van der Waals surface area contributed by atoms with Crippen molar-refractivity contribution in [2.45, 2.75) is 70.8 Å². The van der Waals surface area contributed by atoms with E-state index in [1.165, 1.54) is 51.4 Å². The number of carbonyl (C=O) groups is 1. The van der Waals surface area contributed by atoms with Crippen LogP contribution in [0.5, 0.6) is 17.2 Å². The Balaban J connectivity index is 1.30. The smallest absolute Gasteiger partial charge is 0.260 e. The number of fused-ring (bicyclic) bond motifs is 1. The predicted molar refractivity (Wildman–Crippen MR) is 119 cm³/mol. The second-order valence-corrected chi connectivity index (χ2v) is 9.08.